The number of carbonyl (C=O) groups is 1. The number of rotatable bonds is 9. The van der Waals surface area contributed by atoms with Crippen molar-refractivity contribution < 1.29 is 19.0 Å². The van der Waals surface area contributed by atoms with E-state index >= 15 is 0 Å². The molecule has 2 aromatic carbocycles. The third-order valence-corrected chi connectivity index (χ3v) is 6.81. The van der Waals surface area contributed by atoms with Gasteiger partial charge in [0.1, 0.15) is 17.5 Å². The number of para-hydroxylation sites is 2. The molecule has 1 aliphatic rings. The molecule has 36 heavy (non-hydrogen) atoms. The first kappa shape index (κ1) is 25.4. The van der Waals surface area contributed by atoms with Gasteiger partial charge in [-0.05, 0) is 38.5 Å². The smallest absolute Gasteiger partial charge is 0.338 e. The number of hydrogen-bond donors (Lipinski definition) is 0. The highest BCUT2D eigenvalue weighted by molar-refractivity contribution is 7.07. The fourth-order valence-electron chi connectivity index (χ4n) is 4.34. The third kappa shape index (κ3) is 4.86. The zero-order valence-electron chi connectivity index (χ0n) is 20.9. The number of allylic oxidation sites excluding steroid dienone is 1. The van der Waals surface area contributed by atoms with E-state index in [0.717, 1.165) is 12.0 Å². The summed E-state index contributed by atoms with van der Waals surface area (Å²) in [5, 5.41) is 0. The molecule has 0 bridgehead atoms. The van der Waals surface area contributed by atoms with Gasteiger partial charge in [-0.3, -0.25) is 9.36 Å². The SMILES string of the molecule is CCCC1=C(C(=O)OCC)[C@H](c2ccccc2OC)n2c(s/c(=C\c3ccccc3OCC)c2=O)=N1. The van der Waals surface area contributed by atoms with Crippen LogP contribution >= 0.6 is 11.3 Å². The number of nitrogens with zero attached hydrogens (tertiary/aromatic N) is 2. The first-order valence-corrected chi connectivity index (χ1v) is 12.9. The van der Waals surface area contributed by atoms with Gasteiger partial charge in [0, 0.05) is 11.1 Å². The van der Waals surface area contributed by atoms with Gasteiger partial charge in [-0.15, -0.1) is 0 Å². The predicted octanol–water partition coefficient (Wildman–Crippen LogP) is 3.99. The number of ether oxygens (including phenoxy) is 3. The van der Waals surface area contributed by atoms with Crippen molar-refractivity contribution in [3.05, 3.63) is 90.6 Å². The summed E-state index contributed by atoms with van der Waals surface area (Å²) in [6.45, 7) is 6.46. The van der Waals surface area contributed by atoms with Crippen LogP contribution in [0.25, 0.3) is 6.08 Å². The predicted molar refractivity (Wildman–Crippen MR) is 140 cm³/mol. The standard InChI is InChI=1S/C28H30N2O5S/c1-5-12-20-24(27(32)35-7-3)25(19-14-9-11-16-22(19)33-4)30-26(31)23(36-28(30)29-20)17-18-13-8-10-15-21(18)34-6-2/h8-11,13-17,25H,5-7,12H2,1-4H3/b23-17-/t25-/m0/s1. The summed E-state index contributed by atoms with van der Waals surface area (Å²) in [6.07, 6.45) is 3.19. The molecule has 8 heteroatoms. The second-order valence-corrected chi connectivity index (χ2v) is 9.14. The number of benzene rings is 2. The highest BCUT2D eigenvalue weighted by atomic mass is 32.1. The molecule has 1 aromatic heterocycles. The molecule has 0 unspecified atom stereocenters. The molecule has 0 aliphatic carbocycles. The molecule has 0 spiro atoms. The lowest BCUT2D eigenvalue weighted by Gasteiger charge is -2.26. The Labute approximate surface area is 214 Å². The molecule has 4 rings (SSSR count). The minimum Gasteiger partial charge on any atom is -0.496 e. The number of carbonyl (C=O) groups excluding carboxylic acids is 1. The van der Waals surface area contributed by atoms with Crippen LogP contribution in [0.15, 0.2) is 69.6 Å². The van der Waals surface area contributed by atoms with Crippen LogP contribution in [0.4, 0.5) is 0 Å². The van der Waals surface area contributed by atoms with E-state index in [0.29, 0.717) is 50.7 Å². The average Bonchev–Trinajstić information content (AvgIpc) is 3.19. The Morgan fingerprint density at radius 3 is 2.47 bits per heavy atom. The molecule has 0 fully saturated rings. The summed E-state index contributed by atoms with van der Waals surface area (Å²) in [5.74, 6) is 0.806. The van der Waals surface area contributed by atoms with Crippen molar-refractivity contribution >= 4 is 23.4 Å². The van der Waals surface area contributed by atoms with E-state index in [4.69, 9.17) is 19.2 Å². The van der Waals surface area contributed by atoms with Crippen molar-refractivity contribution in [2.24, 2.45) is 4.99 Å². The molecule has 7 nitrogen and oxygen atoms in total. The van der Waals surface area contributed by atoms with Gasteiger partial charge >= 0.3 is 5.97 Å². The van der Waals surface area contributed by atoms with E-state index in [1.54, 1.807) is 18.6 Å². The molecule has 188 valence electrons. The van der Waals surface area contributed by atoms with Crippen molar-refractivity contribution in [3.63, 3.8) is 0 Å². The summed E-state index contributed by atoms with van der Waals surface area (Å²) >= 11 is 1.30. The zero-order chi connectivity index (χ0) is 25.7. The number of thiazole rings is 1. The van der Waals surface area contributed by atoms with Gasteiger partial charge in [-0.1, -0.05) is 61.1 Å². The van der Waals surface area contributed by atoms with Gasteiger partial charge in [0.25, 0.3) is 5.56 Å². The molecule has 0 amide bonds. The molecule has 3 aromatic rings. The maximum Gasteiger partial charge on any atom is 0.338 e. The van der Waals surface area contributed by atoms with Crippen molar-refractivity contribution in [2.45, 2.75) is 39.7 Å². The zero-order valence-corrected chi connectivity index (χ0v) is 21.8. The Kier molecular flexibility index (Phi) is 8.05. The molecular weight excluding hydrogens is 476 g/mol. The quantitative estimate of drug-likeness (QED) is 0.410. The van der Waals surface area contributed by atoms with Crippen molar-refractivity contribution in [1.82, 2.24) is 4.57 Å². The lowest BCUT2D eigenvalue weighted by molar-refractivity contribution is -0.139. The van der Waals surface area contributed by atoms with Crippen LogP contribution in [0.3, 0.4) is 0 Å². The lowest BCUT2D eigenvalue weighted by atomic mass is 9.93. The van der Waals surface area contributed by atoms with E-state index in [-0.39, 0.29) is 12.2 Å². The summed E-state index contributed by atoms with van der Waals surface area (Å²) in [6, 6.07) is 14.3. The monoisotopic (exact) mass is 506 g/mol. The van der Waals surface area contributed by atoms with Crippen molar-refractivity contribution in [3.8, 4) is 11.5 Å². The second kappa shape index (κ2) is 11.4. The normalized spacial score (nSPS) is 15.3. The van der Waals surface area contributed by atoms with E-state index in [2.05, 4.69) is 0 Å². The Morgan fingerprint density at radius 1 is 1.06 bits per heavy atom. The molecular formula is C28H30N2O5S. The Hall–Kier alpha value is -3.65. The first-order chi connectivity index (χ1) is 17.5. The molecule has 0 saturated heterocycles. The third-order valence-electron chi connectivity index (χ3n) is 5.83. The maximum atomic E-state index is 13.9. The summed E-state index contributed by atoms with van der Waals surface area (Å²) in [7, 11) is 1.58. The Balaban J connectivity index is 2.02. The van der Waals surface area contributed by atoms with Gasteiger partial charge in [0.2, 0.25) is 0 Å². The minimum atomic E-state index is -0.720. The van der Waals surface area contributed by atoms with Crippen LogP contribution < -0.4 is 24.4 Å². The summed E-state index contributed by atoms with van der Waals surface area (Å²) < 4.78 is 18.9. The van der Waals surface area contributed by atoms with Crippen molar-refractivity contribution in [2.75, 3.05) is 20.3 Å². The van der Waals surface area contributed by atoms with Gasteiger partial charge in [0.15, 0.2) is 4.80 Å². The first-order valence-electron chi connectivity index (χ1n) is 12.1. The van der Waals surface area contributed by atoms with Gasteiger partial charge in [-0.25, -0.2) is 9.79 Å². The molecule has 0 N–H and O–H groups in total. The molecule has 0 saturated carbocycles. The fraction of sp³-hybridized carbons (Fsp3) is 0.321. The van der Waals surface area contributed by atoms with Gasteiger partial charge in [0.05, 0.1) is 36.1 Å². The van der Waals surface area contributed by atoms with E-state index in [9.17, 15) is 9.59 Å². The van der Waals surface area contributed by atoms with Crippen LogP contribution in [-0.4, -0.2) is 30.9 Å². The second-order valence-electron chi connectivity index (χ2n) is 8.13. The highest BCUT2D eigenvalue weighted by Gasteiger charge is 2.35. The van der Waals surface area contributed by atoms with E-state index < -0.39 is 12.0 Å². The average molecular weight is 507 g/mol. The van der Waals surface area contributed by atoms with E-state index in [1.165, 1.54) is 11.3 Å². The Morgan fingerprint density at radius 2 is 1.78 bits per heavy atom. The lowest BCUT2D eigenvalue weighted by Crippen LogP contribution is -2.40. The molecule has 2 heterocycles. The Bertz CT molecular complexity index is 1470. The molecule has 0 radical (unpaired) electrons. The minimum absolute atomic E-state index is 0.221. The van der Waals surface area contributed by atoms with Crippen molar-refractivity contribution in [1.29, 1.82) is 0 Å². The van der Waals surface area contributed by atoms with Crippen LogP contribution in [0.5, 0.6) is 11.5 Å². The van der Waals surface area contributed by atoms with Crippen LogP contribution in [0.2, 0.25) is 0 Å². The van der Waals surface area contributed by atoms with Gasteiger partial charge < -0.3 is 14.2 Å². The fourth-order valence-corrected chi connectivity index (χ4v) is 5.35. The number of hydrogen-bond acceptors (Lipinski definition) is 7. The van der Waals surface area contributed by atoms with Crippen LogP contribution in [0, 0.1) is 0 Å². The van der Waals surface area contributed by atoms with Gasteiger partial charge in [-0.2, -0.15) is 0 Å². The summed E-state index contributed by atoms with van der Waals surface area (Å²) in [5.41, 5.74) is 2.27. The van der Waals surface area contributed by atoms with E-state index in [1.807, 2.05) is 68.5 Å². The number of fused-ring (bicyclic) bond motifs is 1. The van der Waals surface area contributed by atoms with Crippen LogP contribution in [-0.2, 0) is 9.53 Å². The molecule has 1 aliphatic heterocycles. The number of esters is 1. The highest BCUT2D eigenvalue weighted by Crippen LogP contribution is 2.36. The maximum absolute atomic E-state index is 13.9. The largest absolute Gasteiger partial charge is 0.496 e. The number of methoxy groups -OCH3 is 1. The molecule has 1 atom stereocenters. The van der Waals surface area contributed by atoms with Crippen LogP contribution in [0.1, 0.15) is 50.8 Å². The summed E-state index contributed by atoms with van der Waals surface area (Å²) in [4.78, 5) is 32.5. The number of aromatic nitrogens is 1. The topological polar surface area (TPSA) is 79.1 Å².